The summed E-state index contributed by atoms with van der Waals surface area (Å²) < 4.78 is 2.46. The summed E-state index contributed by atoms with van der Waals surface area (Å²) in [5, 5.41) is 1.66. The molecule has 0 radical (unpaired) electrons. The fourth-order valence-electron chi connectivity index (χ4n) is 1.47. The molecule has 2 aromatic rings. The van der Waals surface area contributed by atoms with E-state index in [0.29, 0.717) is 5.25 Å². The van der Waals surface area contributed by atoms with Gasteiger partial charge in [-0.25, -0.2) is 4.98 Å². The minimum absolute atomic E-state index is 0.594. The topological polar surface area (TPSA) is 12.9 Å². The number of rotatable bonds is 5. The Hall–Kier alpha value is -0.450. The second kappa shape index (κ2) is 6.64. The van der Waals surface area contributed by atoms with E-state index in [1.54, 1.807) is 11.3 Å². The van der Waals surface area contributed by atoms with Crippen LogP contribution in [0.1, 0.15) is 20.8 Å². The summed E-state index contributed by atoms with van der Waals surface area (Å²) in [4.78, 5) is 4.63. The number of para-hydroxylation sites is 1. The van der Waals surface area contributed by atoms with Crippen LogP contribution >= 0.6 is 34.9 Å². The van der Waals surface area contributed by atoms with Crippen molar-refractivity contribution in [1.82, 2.24) is 4.98 Å². The number of nitrogens with zero attached hydrogens (tertiary/aromatic N) is 1. The van der Waals surface area contributed by atoms with Crippen LogP contribution in [0.3, 0.4) is 0 Å². The van der Waals surface area contributed by atoms with E-state index in [9.17, 15) is 0 Å². The number of allylic oxidation sites excluding steroid dienone is 1. The number of hydrogen-bond acceptors (Lipinski definition) is 4. The fourth-order valence-corrected chi connectivity index (χ4v) is 5.15. The van der Waals surface area contributed by atoms with Gasteiger partial charge in [0.1, 0.15) is 0 Å². The number of aromatic nitrogens is 1. The molecule has 1 aromatic heterocycles. The lowest BCUT2D eigenvalue weighted by Gasteiger charge is -2.10. The highest BCUT2D eigenvalue weighted by Gasteiger charge is 2.07. The Morgan fingerprint density at radius 1 is 1.44 bits per heavy atom. The summed E-state index contributed by atoms with van der Waals surface area (Å²) >= 11 is 5.61. The van der Waals surface area contributed by atoms with Crippen molar-refractivity contribution in [2.75, 3.05) is 5.08 Å². The molecule has 0 N–H and O–H groups in total. The van der Waals surface area contributed by atoms with E-state index in [2.05, 4.69) is 50.0 Å². The van der Waals surface area contributed by atoms with Crippen LogP contribution < -0.4 is 0 Å². The molecule has 0 aliphatic carbocycles. The molecule has 0 spiro atoms. The SMILES string of the molecule is C/C=C(\C)C(C)SCSc1nc2ccccc2s1. The van der Waals surface area contributed by atoms with Crippen LogP contribution in [-0.4, -0.2) is 15.3 Å². The molecule has 18 heavy (non-hydrogen) atoms. The van der Waals surface area contributed by atoms with Gasteiger partial charge in [-0.1, -0.05) is 35.5 Å². The molecule has 0 amide bonds. The summed E-state index contributed by atoms with van der Waals surface area (Å²) in [6.07, 6.45) is 2.19. The Bertz CT molecular complexity index is 512. The molecule has 0 bridgehead atoms. The number of thioether (sulfide) groups is 2. The molecule has 1 heterocycles. The van der Waals surface area contributed by atoms with Crippen LogP contribution in [-0.2, 0) is 0 Å². The maximum absolute atomic E-state index is 4.63. The molecule has 0 fully saturated rings. The molecule has 1 atom stereocenters. The fraction of sp³-hybridized carbons (Fsp3) is 0.357. The lowest BCUT2D eigenvalue weighted by Crippen LogP contribution is -1.97. The molecule has 1 aromatic carbocycles. The van der Waals surface area contributed by atoms with E-state index in [0.717, 1.165) is 10.6 Å². The van der Waals surface area contributed by atoms with Crippen molar-refractivity contribution < 1.29 is 0 Å². The van der Waals surface area contributed by atoms with Crippen LogP contribution in [0.25, 0.3) is 10.2 Å². The van der Waals surface area contributed by atoms with E-state index in [1.807, 2.05) is 29.6 Å². The first-order valence-corrected chi connectivity index (χ1v) is 8.78. The predicted molar refractivity (Wildman–Crippen MR) is 86.8 cm³/mol. The third kappa shape index (κ3) is 3.53. The average molecular weight is 295 g/mol. The van der Waals surface area contributed by atoms with E-state index < -0.39 is 0 Å². The third-order valence-electron chi connectivity index (χ3n) is 2.87. The average Bonchev–Trinajstić information content (AvgIpc) is 2.80. The molecular formula is C14H17NS3. The normalized spacial score (nSPS) is 14.1. The molecule has 96 valence electrons. The lowest BCUT2D eigenvalue weighted by molar-refractivity contribution is 1.11. The number of benzene rings is 1. The van der Waals surface area contributed by atoms with Crippen LogP contribution in [0.5, 0.6) is 0 Å². The summed E-state index contributed by atoms with van der Waals surface area (Å²) in [5.74, 6) is 0. The second-order valence-electron chi connectivity index (χ2n) is 4.05. The molecule has 0 aliphatic heterocycles. The second-order valence-corrected chi connectivity index (χ2v) is 8.00. The maximum Gasteiger partial charge on any atom is 0.151 e. The molecule has 0 saturated heterocycles. The minimum Gasteiger partial charge on any atom is -0.230 e. The van der Waals surface area contributed by atoms with Gasteiger partial charge in [0.05, 0.1) is 10.2 Å². The maximum atomic E-state index is 4.63. The first-order valence-electron chi connectivity index (χ1n) is 5.93. The zero-order valence-electron chi connectivity index (χ0n) is 10.8. The first kappa shape index (κ1) is 14.0. The van der Waals surface area contributed by atoms with Crippen molar-refractivity contribution in [2.24, 2.45) is 0 Å². The zero-order chi connectivity index (χ0) is 13.0. The Morgan fingerprint density at radius 3 is 2.94 bits per heavy atom. The van der Waals surface area contributed by atoms with Gasteiger partial charge in [-0.3, -0.25) is 0 Å². The van der Waals surface area contributed by atoms with Gasteiger partial charge in [0.15, 0.2) is 4.34 Å². The Balaban J connectivity index is 1.90. The van der Waals surface area contributed by atoms with Crippen molar-refractivity contribution in [3.05, 3.63) is 35.9 Å². The van der Waals surface area contributed by atoms with Gasteiger partial charge in [0.25, 0.3) is 0 Å². The third-order valence-corrected chi connectivity index (χ3v) is 6.53. The summed E-state index contributed by atoms with van der Waals surface area (Å²) in [5.41, 5.74) is 2.57. The largest absolute Gasteiger partial charge is 0.230 e. The summed E-state index contributed by atoms with van der Waals surface area (Å²) in [6, 6.07) is 8.33. The first-order chi connectivity index (χ1) is 8.70. The van der Waals surface area contributed by atoms with E-state index in [1.165, 1.54) is 14.6 Å². The van der Waals surface area contributed by atoms with E-state index in [-0.39, 0.29) is 0 Å². The van der Waals surface area contributed by atoms with Crippen molar-refractivity contribution in [1.29, 1.82) is 0 Å². The van der Waals surface area contributed by atoms with Gasteiger partial charge in [-0.15, -0.1) is 23.1 Å². The smallest absolute Gasteiger partial charge is 0.151 e. The Labute approximate surface area is 121 Å². The van der Waals surface area contributed by atoms with Crippen molar-refractivity contribution >= 4 is 45.1 Å². The highest BCUT2D eigenvalue weighted by Crippen LogP contribution is 2.33. The molecule has 1 nitrogen and oxygen atoms in total. The molecule has 0 aliphatic rings. The highest BCUT2D eigenvalue weighted by molar-refractivity contribution is 8.17. The van der Waals surface area contributed by atoms with Gasteiger partial charge in [0, 0.05) is 10.3 Å². The molecule has 4 heteroatoms. The van der Waals surface area contributed by atoms with Gasteiger partial charge in [0.2, 0.25) is 0 Å². The number of hydrogen-bond donors (Lipinski definition) is 0. The van der Waals surface area contributed by atoms with Crippen molar-refractivity contribution in [3.8, 4) is 0 Å². The van der Waals surface area contributed by atoms with Crippen LogP contribution in [0.2, 0.25) is 0 Å². The van der Waals surface area contributed by atoms with Gasteiger partial charge in [-0.2, -0.15) is 0 Å². The predicted octanol–water partition coefficient (Wildman–Crippen LogP) is 5.43. The summed E-state index contributed by atoms with van der Waals surface area (Å²) in [6.45, 7) is 6.56. The number of thiazole rings is 1. The van der Waals surface area contributed by atoms with Gasteiger partial charge >= 0.3 is 0 Å². The van der Waals surface area contributed by atoms with Gasteiger partial charge in [-0.05, 0) is 32.9 Å². The van der Waals surface area contributed by atoms with Crippen molar-refractivity contribution in [2.45, 2.75) is 30.4 Å². The van der Waals surface area contributed by atoms with Crippen molar-refractivity contribution in [3.63, 3.8) is 0 Å². The minimum atomic E-state index is 0.594. The Kier molecular flexibility index (Phi) is 5.15. The van der Waals surface area contributed by atoms with E-state index in [4.69, 9.17) is 0 Å². The summed E-state index contributed by atoms with van der Waals surface area (Å²) in [7, 11) is 0. The highest BCUT2D eigenvalue weighted by atomic mass is 32.2. The Morgan fingerprint density at radius 2 is 2.22 bits per heavy atom. The van der Waals surface area contributed by atoms with Crippen LogP contribution in [0.15, 0.2) is 40.3 Å². The van der Waals surface area contributed by atoms with Gasteiger partial charge < -0.3 is 0 Å². The molecule has 2 rings (SSSR count). The molecular weight excluding hydrogens is 278 g/mol. The lowest BCUT2D eigenvalue weighted by atomic mass is 10.2. The molecule has 0 saturated carbocycles. The monoisotopic (exact) mass is 295 g/mol. The van der Waals surface area contributed by atoms with Crippen LogP contribution in [0.4, 0.5) is 0 Å². The van der Waals surface area contributed by atoms with Crippen LogP contribution in [0, 0.1) is 0 Å². The standard InChI is InChI=1S/C14H17NS3/c1-4-10(2)11(3)16-9-17-14-15-12-7-5-6-8-13(12)18-14/h4-8,11H,9H2,1-3H3/b10-4+. The molecule has 1 unspecified atom stereocenters. The quantitative estimate of drug-likeness (QED) is 0.414. The zero-order valence-corrected chi connectivity index (χ0v) is 13.3. The van der Waals surface area contributed by atoms with E-state index >= 15 is 0 Å². The number of fused-ring (bicyclic) bond motifs is 1.